The molecule has 2 N–H and O–H groups in total. The fourth-order valence-electron chi connectivity index (χ4n) is 1.47. The number of azide groups is 1. The van der Waals surface area contributed by atoms with Gasteiger partial charge in [0.2, 0.25) is 0 Å². The average molecular weight is 211 g/mol. The zero-order valence-corrected chi connectivity index (χ0v) is 9.17. The third-order valence-corrected chi connectivity index (χ3v) is 2.34. The number of hydrogen-bond acceptors (Lipinski definition) is 5. The number of aliphatic imine (C=N–C) groups is 1. The van der Waals surface area contributed by atoms with Crippen LogP contribution in [0.25, 0.3) is 10.4 Å². The van der Waals surface area contributed by atoms with Crippen molar-refractivity contribution in [3.8, 4) is 0 Å². The Hall–Kier alpha value is -1.46. The molecule has 0 radical (unpaired) electrons. The van der Waals surface area contributed by atoms with Crippen LogP contribution in [0, 0.1) is 0 Å². The van der Waals surface area contributed by atoms with Crippen molar-refractivity contribution >= 4 is 5.96 Å². The molecule has 1 aliphatic heterocycles. The molecule has 0 bridgehead atoms. The SMILES string of the molecule is CN(C)CCN1C(N)=NCC1CN=[N+]=[N-]. The molecule has 0 aromatic carbocycles. The van der Waals surface area contributed by atoms with Gasteiger partial charge < -0.3 is 15.5 Å². The molecule has 0 fully saturated rings. The lowest BCUT2D eigenvalue weighted by atomic mass is 10.3. The minimum absolute atomic E-state index is 0.126. The third-order valence-electron chi connectivity index (χ3n) is 2.34. The van der Waals surface area contributed by atoms with Gasteiger partial charge in [0.25, 0.3) is 0 Å². The van der Waals surface area contributed by atoms with E-state index in [2.05, 4.69) is 19.9 Å². The molecular formula is C8H17N7. The van der Waals surface area contributed by atoms with Gasteiger partial charge in [0, 0.05) is 24.5 Å². The predicted octanol–water partition coefficient (Wildman–Crippen LogP) is -0.143. The Morgan fingerprint density at radius 2 is 2.47 bits per heavy atom. The van der Waals surface area contributed by atoms with Crippen LogP contribution in [0.15, 0.2) is 10.1 Å². The van der Waals surface area contributed by atoms with Crippen LogP contribution in [0.3, 0.4) is 0 Å². The van der Waals surface area contributed by atoms with Crippen LogP contribution in [0.1, 0.15) is 0 Å². The maximum Gasteiger partial charge on any atom is 0.191 e. The van der Waals surface area contributed by atoms with E-state index in [1.54, 1.807) is 0 Å². The number of rotatable bonds is 5. The molecule has 0 aromatic heterocycles. The van der Waals surface area contributed by atoms with Crippen molar-refractivity contribution in [3.05, 3.63) is 10.4 Å². The molecule has 1 atom stereocenters. The Morgan fingerprint density at radius 3 is 3.07 bits per heavy atom. The van der Waals surface area contributed by atoms with Crippen molar-refractivity contribution < 1.29 is 0 Å². The molecular weight excluding hydrogens is 194 g/mol. The first-order chi connectivity index (χ1) is 7.15. The molecule has 0 spiro atoms. The largest absolute Gasteiger partial charge is 0.370 e. The topological polar surface area (TPSA) is 93.6 Å². The molecule has 7 nitrogen and oxygen atoms in total. The zero-order valence-electron chi connectivity index (χ0n) is 9.17. The van der Waals surface area contributed by atoms with Gasteiger partial charge >= 0.3 is 0 Å². The van der Waals surface area contributed by atoms with E-state index in [0.29, 0.717) is 19.0 Å². The maximum absolute atomic E-state index is 8.26. The van der Waals surface area contributed by atoms with E-state index in [0.717, 1.165) is 13.1 Å². The van der Waals surface area contributed by atoms with Crippen molar-refractivity contribution in [2.45, 2.75) is 6.04 Å². The maximum atomic E-state index is 8.26. The van der Waals surface area contributed by atoms with Gasteiger partial charge in [-0.05, 0) is 19.6 Å². The first-order valence-electron chi connectivity index (χ1n) is 4.87. The van der Waals surface area contributed by atoms with Gasteiger partial charge in [-0.2, -0.15) is 0 Å². The molecule has 84 valence electrons. The zero-order chi connectivity index (χ0) is 11.3. The van der Waals surface area contributed by atoms with Crippen LogP contribution in [-0.4, -0.2) is 62.1 Å². The first-order valence-corrected chi connectivity index (χ1v) is 4.87. The number of hydrogen-bond donors (Lipinski definition) is 1. The summed E-state index contributed by atoms with van der Waals surface area (Å²) < 4.78 is 0. The van der Waals surface area contributed by atoms with Crippen molar-refractivity contribution in [1.82, 2.24) is 9.80 Å². The summed E-state index contributed by atoms with van der Waals surface area (Å²) >= 11 is 0. The van der Waals surface area contributed by atoms with E-state index >= 15 is 0 Å². The summed E-state index contributed by atoms with van der Waals surface area (Å²) in [5, 5.41) is 3.56. The lowest BCUT2D eigenvalue weighted by Crippen LogP contribution is -2.45. The third kappa shape index (κ3) is 3.30. The molecule has 0 saturated carbocycles. The molecule has 0 saturated heterocycles. The summed E-state index contributed by atoms with van der Waals surface area (Å²) in [6.45, 7) is 2.77. The Kier molecular flexibility index (Phi) is 4.20. The number of likely N-dealkylation sites (N-methyl/N-ethyl adjacent to an activating group) is 1. The van der Waals surface area contributed by atoms with E-state index in [1.807, 2.05) is 19.0 Å². The van der Waals surface area contributed by atoms with Crippen LogP contribution >= 0.6 is 0 Å². The van der Waals surface area contributed by atoms with E-state index in [9.17, 15) is 0 Å². The van der Waals surface area contributed by atoms with Crippen molar-refractivity contribution in [3.63, 3.8) is 0 Å². The Balaban J connectivity index is 2.48. The minimum Gasteiger partial charge on any atom is -0.370 e. The van der Waals surface area contributed by atoms with Gasteiger partial charge in [-0.15, -0.1) is 0 Å². The quantitative estimate of drug-likeness (QED) is 0.389. The minimum atomic E-state index is 0.126. The van der Waals surface area contributed by atoms with Crippen molar-refractivity contribution in [2.75, 3.05) is 40.3 Å². The molecule has 1 unspecified atom stereocenters. The lowest BCUT2D eigenvalue weighted by Gasteiger charge is -2.26. The van der Waals surface area contributed by atoms with Crippen LogP contribution in [-0.2, 0) is 0 Å². The summed E-state index contributed by atoms with van der Waals surface area (Å²) in [4.78, 5) is 11.0. The fraction of sp³-hybridized carbons (Fsp3) is 0.875. The van der Waals surface area contributed by atoms with Gasteiger partial charge in [-0.1, -0.05) is 5.11 Å². The number of nitrogens with zero attached hydrogens (tertiary/aromatic N) is 6. The molecule has 1 rings (SSSR count). The molecule has 1 aliphatic rings. The summed E-state index contributed by atoms with van der Waals surface area (Å²) in [7, 11) is 4.01. The second-order valence-electron chi connectivity index (χ2n) is 3.76. The Labute approximate surface area is 89.2 Å². The van der Waals surface area contributed by atoms with Gasteiger partial charge in [0.1, 0.15) is 0 Å². The molecule has 15 heavy (non-hydrogen) atoms. The van der Waals surface area contributed by atoms with Crippen LogP contribution < -0.4 is 5.73 Å². The Morgan fingerprint density at radius 1 is 1.73 bits per heavy atom. The number of guanidine groups is 1. The van der Waals surface area contributed by atoms with E-state index < -0.39 is 0 Å². The molecule has 0 aliphatic carbocycles. The lowest BCUT2D eigenvalue weighted by molar-refractivity contribution is 0.293. The summed E-state index contributed by atoms with van der Waals surface area (Å²) in [6, 6.07) is 0.126. The van der Waals surface area contributed by atoms with Crippen molar-refractivity contribution in [1.29, 1.82) is 0 Å². The Bertz CT molecular complexity index is 279. The van der Waals surface area contributed by atoms with Crippen LogP contribution in [0.5, 0.6) is 0 Å². The highest BCUT2D eigenvalue weighted by molar-refractivity contribution is 5.80. The molecule has 1 heterocycles. The summed E-state index contributed by atoms with van der Waals surface area (Å²) in [5.41, 5.74) is 14.0. The summed E-state index contributed by atoms with van der Waals surface area (Å²) in [6.07, 6.45) is 0. The van der Waals surface area contributed by atoms with Gasteiger partial charge in [0.05, 0.1) is 12.6 Å². The second kappa shape index (κ2) is 5.43. The predicted molar refractivity (Wildman–Crippen MR) is 59.6 cm³/mol. The molecule has 0 aromatic rings. The van der Waals surface area contributed by atoms with E-state index in [1.165, 1.54) is 0 Å². The van der Waals surface area contributed by atoms with Gasteiger partial charge in [-0.25, -0.2) is 0 Å². The van der Waals surface area contributed by atoms with Crippen molar-refractivity contribution in [2.24, 2.45) is 15.8 Å². The monoisotopic (exact) mass is 211 g/mol. The summed E-state index contributed by atoms with van der Waals surface area (Å²) in [5.74, 6) is 0.551. The van der Waals surface area contributed by atoms with Gasteiger partial charge in [-0.3, -0.25) is 4.99 Å². The smallest absolute Gasteiger partial charge is 0.191 e. The number of nitrogens with two attached hydrogens (primary N) is 1. The highest BCUT2D eigenvalue weighted by Gasteiger charge is 2.24. The average Bonchev–Trinajstić information content (AvgIpc) is 2.53. The van der Waals surface area contributed by atoms with Crippen LogP contribution in [0.4, 0.5) is 0 Å². The van der Waals surface area contributed by atoms with E-state index in [4.69, 9.17) is 11.3 Å². The fourth-order valence-corrected chi connectivity index (χ4v) is 1.47. The highest BCUT2D eigenvalue weighted by Crippen LogP contribution is 2.08. The van der Waals surface area contributed by atoms with E-state index in [-0.39, 0.29) is 6.04 Å². The first kappa shape index (κ1) is 11.6. The molecule has 7 heteroatoms. The highest BCUT2D eigenvalue weighted by atomic mass is 15.3. The molecule has 0 amide bonds. The van der Waals surface area contributed by atoms with Crippen LogP contribution in [0.2, 0.25) is 0 Å². The van der Waals surface area contributed by atoms with Gasteiger partial charge in [0.15, 0.2) is 5.96 Å². The second-order valence-corrected chi connectivity index (χ2v) is 3.76. The normalized spacial score (nSPS) is 20.3. The standard InChI is InChI=1S/C8H17N7/c1-14(2)3-4-15-7(6-12-13-10)5-11-8(15)9/h7H,3-6H2,1-2H3,(H2,9,11).